The molecule has 0 aliphatic heterocycles. The van der Waals surface area contributed by atoms with Crippen LogP contribution in [0.2, 0.25) is 0 Å². The Morgan fingerprint density at radius 2 is 2.05 bits per heavy atom. The number of aromatic nitrogens is 4. The maximum Gasteiger partial charge on any atom is 0.330 e. The molecule has 20 heavy (non-hydrogen) atoms. The minimum Gasteiger partial charge on any atom is -0.307 e. The molecule has 0 unspecified atom stereocenters. The Morgan fingerprint density at radius 1 is 1.30 bits per heavy atom. The van der Waals surface area contributed by atoms with Crippen LogP contribution in [0.1, 0.15) is 12.6 Å². The van der Waals surface area contributed by atoms with Gasteiger partial charge < -0.3 is 5.32 Å². The van der Waals surface area contributed by atoms with Crippen LogP contribution in [0.4, 0.5) is 0 Å². The zero-order valence-electron chi connectivity index (χ0n) is 11.9. The van der Waals surface area contributed by atoms with Crippen LogP contribution in [0.15, 0.2) is 34.1 Å². The van der Waals surface area contributed by atoms with Crippen LogP contribution >= 0.6 is 0 Å². The molecular weight excluding hydrogens is 258 g/mol. The van der Waals surface area contributed by atoms with E-state index in [1.807, 2.05) is 23.9 Å². The largest absolute Gasteiger partial charge is 0.330 e. The van der Waals surface area contributed by atoms with Crippen molar-refractivity contribution >= 4 is 0 Å². The SMILES string of the molecule is C[C@@H](Cn1cccn1)NCc1cc(=O)n(C)c(=O)n1C. The first-order valence-corrected chi connectivity index (χ1v) is 6.46. The molecule has 0 radical (unpaired) electrons. The minimum absolute atomic E-state index is 0.175. The Bertz CT molecular complexity index is 684. The van der Waals surface area contributed by atoms with Gasteiger partial charge in [-0.3, -0.25) is 18.6 Å². The van der Waals surface area contributed by atoms with Crippen LogP contribution in [0.3, 0.4) is 0 Å². The highest BCUT2D eigenvalue weighted by Crippen LogP contribution is 1.95. The molecule has 0 aliphatic carbocycles. The first-order valence-electron chi connectivity index (χ1n) is 6.46. The summed E-state index contributed by atoms with van der Waals surface area (Å²) in [5.74, 6) is 0. The zero-order valence-corrected chi connectivity index (χ0v) is 11.9. The minimum atomic E-state index is -0.311. The highest BCUT2D eigenvalue weighted by Gasteiger charge is 2.08. The summed E-state index contributed by atoms with van der Waals surface area (Å²) in [6, 6.07) is 3.53. The van der Waals surface area contributed by atoms with Gasteiger partial charge in [-0.05, 0) is 13.0 Å². The van der Waals surface area contributed by atoms with E-state index in [1.165, 1.54) is 17.7 Å². The van der Waals surface area contributed by atoms with Gasteiger partial charge in [0, 0.05) is 50.8 Å². The number of rotatable bonds is 5. The van der Waals surface area contributed by atoms with Crippen molar-refractivity contribution in [3.63, 3.8) is 0 Å². The number of hydrogen-bond acceptors (Lipinski definition) is 4. The van der Waals surface area contributed by atoms with Gasteiger partial charge in [-0.25, -0.2) is 4.79 Å². The number of hydrogen-bond donors (Lipinski definition) is 1. The third-order valence-corrected chi connectivity index (χ3v) is 3.28. The second-order valence-corrected chi connectivity index (χ2v) is 4.88. The summed E-state index contributed by atoms with van der Waals surface area (Å²) in [7, 11) is 3.14. The van der Waals surface area contributed by atoms with E-state index in [-0.39, 0.29) is 17.3 Å². The fourth-order valence-corrected chi connectivity index (χ4v) is 1.98. The predicted molar refractivity (Wildman–Crippen MR) is 75.5 cm³/mol. The summed E-state index contributed by atoms with van der Waals surface area (Å²) in [4.78, 5) is 23.4. The van der Waals surface area contributed by atoms with E-state index in [0.717, 1.165) is 11.1 Å². The third kappa shape index (κ3) is 3.05. The maximum atomic E-state index is 11.8. The van der Waals surface area contributed by atoms with Crippen molar-refractivity contribution in [3.8, 4) is 0 Å². The summed E-state index contributed by atoms with van der Waals surface area (Å²) >= 11 is 0. The van der Waals surface area contributed by atoms with Crippen LogP contribution in [0.5, 0.6) is 0 Å². The molecule has 0 saturated heterocycles. The summed E-state index contributed by atoms with van der Waals surface area (Å²) in [5.41, 5.74) is 0.0732. The molecule has 2 aromatic rings. The Morgan fingerprint density at radius 3 is 2.70 bits per heavy atom. The van der Waals surface area contributed by atoms with Crippen molar-refractivity contribution in [2.75, 3.05) is 0 Å². The Hall–Kier alpha value is -2.15. The Kier molecular flexibility index (Phi) is 4.19. The zero-order chi connectivity index (χ0) is 14.7. The van der Waals surface area contributed by atoms with E-state index in [0.29, 0.717) is 12.2 Å². The molecule has 7 heteroatoms. The molecule has 0 amide bonds. The highest BCUT2D eigenvalue weighted by molar-refractivity contribution is 5.02. The lowest BCUT2D eigenvalue weighted by Gasteiger charge is -2.15. The van der Waals surface area contributed by atoms with Crippen molar-refractivity contribution in [2.45, 2.75) is 26.1 Å². The second-order valence-electron chi connectivity index (χ2n) is 4.88. The van der Waals surface area contributed by atoms with Crippen molar-refractivity contribution < 1.29 is 0 Å². The lowest BCUT2D eigenvalue weighted by molar-refractivity contribution is 0.442. The molecule has 0 aliphatic rings. The molecule has 0 saturated carbocycles. The molecule has 0 fully saturated rings. The van der Waals surface area contributed by atoms with Gasteiger partial charge in [-0.2, -0.15) is 5.10 Å². The maximum absolute atomic E-state index is 11.8. The molecule has 1 N–H and O–H groups in total. The summed E-state index contributed by atoms with van der Waals surface area (Å²) in [6.45, 7) is 3.22. The lowest BCUT2D eigenvalue weighted by Crippen LogP contribution is -2.40. The monoisotopic (exact) mass is 277 g/mol. The van der Waals surface area contributed by atoms with E-state index >= 15 is 0 Å². The fourth-order valence-electron chi connectivity index (χ4n) is 1.98. The summed E-state index contributed by atoms with van der Waals surface area (Å²) < 4.78 is 4.41. The van der Waals surface area contributed by atoms with Gasteiger partial charge >= 0.3 is 5.69 Å². The standard InChI is InChI=1S/C13H19N5O2/c1-10(9-18-6-4-5-15-18)14-8-11-7-12(19)17(3)13(20)16(11)2/h4-7,10,14H,8-9H2,1-3H3/t10-/m0/s1. The third-order valence-electron chi connectivity index (χ3n) is 3.28. The average Bonchev–Trinajstić information content (AvgIpc) is 2.92. The second kappa shape index (κ2) is 5.87. The van der Waals surface area contributed by atoms with Gasteiger partial charge in [0.1, 0.15) is 0 Å². The first kappa shape index (κ1) is 14.3. The molecular formula is C13H19N5O2. The fraction of sp³-hybridized carbons (Fsp3) is 0.462. The van der Waals surface area contributed by atoms with E-state index in [9.17, 15) is 9.59 Å². The Balaban J connectivity index is 2.04. The van der Waals surface area contributed by atoms with Gasteiger partial charge in [0.15, 0.2) is 0 Å². The molecule has 0 bridgehead atoms. The smallest absolute Gasteiger partial charge is 0.307 e. The molecule has 0 spiro atoms. The molecule has 2 heterocycles. The van der Waals surface area contributed by atoms with Gasteiger partial charge in [-0.15, -0.1) is 0 Å². The van der Waals surface area contributed by atoms with Crippen molar-refractivity contribution in [1.82, 2.24) is 24.2 Å². The topological polar surface area (TPSA) is 73.8 Å². The average molecular weight is 277 g/mol. The van der Waals surface area contributed by atoms with E-state index in [4.69, 9.17) is 0 Å². The van der Waals surface area contributed by atoms with E-state index < -0.39 is 0 Å². The van der Waals surface area contributed by atoms with Crippen LogP contribution in [0, 0.1) is 0 Å². The molecule has 0 aromatic carbocycles. The Labute approximate surface area is 116 Å². The van der Waals surface area contributed by atoms with E-state index in [2.05, 4.69) is 10.4 Å². The van der Waals surface area contributed by atoms with Crippen LogP contribution < -0.4 is 16.6 Å². The highest BCUT2D eigenvalue weighted by atomic mass is 16.2. The molecule has 7 nitrogen and oxygen atoms in total. The lowest BCUT2D eigenvalue weighted by atomic mass is 10.3. The molecule has 1 atom stereocenters. The number of nitrogens with one attached hydrogen (secondary N) is 1. The molecule has 2 aromatic heterocycles. The van der Waals surface area contributed by atoms with Crippen LogP contribution in [0.25, 0.3) is 0 Å². The quantitative estimate of drug-likeness (QED) is 0.796. The van der Waals surface area contributed by atoms with Crippen LogP contribution in [-0.4, -0.2) is 25.0 Å². The van der Waals surface area contributed by atoms with Crippen LogP contribution in [-0.2, 0) is 27.2 Å². The predicted octanol–water partition coefficient (Wildman–Crippen LogP) is -0.541. The first-order chi connectivity index (χ1) is 9.49. The molecule has 108 valence electrons. The van der Waals surface area contributed by atoms with Gasteiger partial charge in [-0.1, -0.05) is 0 Å². The van der Waals surface area contributed by atoms with E-state index in [1.54, 1.807) is 13.2 Å². The summed E-state index contributed by atoms with van der Waals surface area (Å²) in [6.07, 6.45) is 3.63. The molecule has 2 rings (SSSR count). The summed E-state index contributed by atoms with van der Waals surface area (Å²) in [5, 5.41) is 7.42. The van der Waals surface area contributed by atoms with Gasteiger partial charge in [0.2, 0.25) is 0 Å². The van der Waals surface area contributed by atoms with Crippen molar-refractivity contribution in [1.29, 1.82) is 0 Å². The van der Waals surface area contributed by atoms with Gasteiger partial charge in [0.25, 0.3) is 5.56 Å². The normalized spacial score (nSPS) is 12.6. The number of nitrogens with zero attached hydrogens (tertiary/aromatic N) is 4. The van der Waals surface area contributed by atoms with Gasteiger partial charge in [0.05, 0.1) is 6.54 Å². The van der Waals surface area contributed by atoms with Crippen molar-refractivity contribution in [3.05, 3.63) is 51.1 Å². The van der Waals surface area contributed by atoms with Crippen molar-refractivity contribution in [2.24, 2.45) is 14.1 Å².